The van der Waals surface area contributed by atoms with Gasteiger partial charge in [-0.15, -0.1) is 0 Å². The first-order valence-electron chi connectivity index (χ1n) is 9.35. The number of rotatable bonds is 5. The van der Waals surface area contributed by atoms with Gasteiger partial charge in [0.2, 0.25) is 10.0 Å². The van der Waals surface area contributed by atoms with Gasteiger partial charge < -0.3 is 0 Å². The number of hydrogen-bond acceptors (Lipinski definition) is 5. The molecule has 1 aromatic rings. The fraction of sp³-hybridized carbons (Fsp3) is 0.667. The molecule has 2 aliphatic heterocycles. The highest BCUT2D eigenvalue weighted by Crippen LogP contribution is 2.41. The molecule has 2 heterocycles. The predicted molar refractivity (Wildman–Crippen MR) is 101 cm³/mol. The van der Waals surface area contributed by atoms with E-state index in [1.807, 2.05) is 0 Å². The summed E-state index contributed by atoms with van der Waals surface area (Å²) in [7, 11) is -6.71. The summed E-state index contributed by atoms with van der Waals surface area (Å²) < 4.78 is 50.2. The molecule has 0 spiro atoms. The minimum Gasteiger partial charge on any atom is -0.296 e. The minimum atomic E-state index is -3.51. The first kappa shape index (κ1) is 18.4. The van der Waals surface area contributed by atoms with Crippen LogP contribution in [0.2, 0.25) is 0 Å². The van der Waals surface area contributed by atoms with E-state index in [0.29, 0.717) is 32.1 Å². The van der Waals surface area contributed by atoms with Crippen LogP contribution >= 0.6 is 0 Å². The Morgan fingerprint density at radius 1 is 1.00 bits per heavy atom. The van der Waals surface area contributed by atoms with Gasteiger partial charge in [0.15, 0.2) is 9.84 Å². The van der Waals surface area contributed by atoms with E-state index >= 15 is 0 Å². The molecule has 1 aromatic carbocycles. The Morgan fingerprint density at radius 2 is 1.69 bits per heavy atom. The van der Waals surface area contributed by atoms with Gasteiger partial charge in [0, 0.05) is 32.7 Å². The van der Waals surface area contributed by atoms with Gasteiger partial charge in [0.1, 0.15) is 0 Å². The van der Waals surface area contributed by atoms with Crippen molar-refractivity contribution in [3.63, 3.8) is 0 Å². The minimum absolute atomic E-state index is 0.00515. The van der Waals surface area contributed by atoms with Crippen LogP contribution in [0.25, 0.3) is 0 Å². The second kappa shape index (κ2) is 6.89. The van der Waals surface area contributed by atoms with Gasteiger partial charge in [-0.1, -0.05) is 24.3 Å². The number of piperazine rings is 1. The maximum Gasteiger partial charge on any atom is 0.218 e. The summed E-state index contributed by atoms with van der Waals surface area (Å²) >= 11 is 0. The lowest BCUT2D eigenvalue weighted by Gasteiger charge is -2.35. The van der Waals surface area contributed by atoms with E-state index in [4.69, 9.17) is 0 Å². The highest BCUT2D eigenvalue weighted by atomic mass is 32.2. The summed E-state index contributed by atoms with van der Waals surface area (Å²) in [6.07, 6.45) is 2.78. The molecule has 0 N–H and O–H groups in total. The lowest BCUT2D eigenvalue weighted by Crippen LogP contribution is -2.51. The number of sulfone groups is 1. The zero-order chi connectivity index (χ0) is 18.4. The van der Waals surface area contributed by atoms with Crippen LogP contribution in [0.3, 0.4) is 0 Å². The first-order chi connectivity index (χ1) is 12.4. The fourth-order valence-electron chi connectivity index (χ4n) is 4.06. The predicted octanol–water partition coefficient (Wildman–Crippen LogP) is 1.20. The van der Waals surface area contributed by atoms with Crippen molar-refractivity contribution in [2.45, 2.75) is 37.0 Å². The Balaban J connectivity index is 1.37. The molecule has 1 unspecified atom stereocenters. The van der Waals surface area contributed by atoms with Gasteiger partial charge in [-0.2, -0.15) is 4.31 Å². The summed E-state index contributed by atoms with van der Waals surface area (Å²) in [4.78, 5) is 2.30. The lowest BCUT2D eigenvalue weighted by molar-refractivity contribution is 0.180. The molecule has 0 bridgehead atoms. The molecule has 3 fully saturated rings. The van der Waals surface area contributed by atoms with Crippen LogP contribution < -0.4 is 0 Å². The third kappa shape index (κ3) is 3.83. The molecule has 0 radical (unpaired) electrons. The quantitative estimate of drug-likeness (QED) is 0.745. The Kier molecular flexibility index (Phi) is 4.88. The zero-order valence-electron chi connectivity index (χ0n) is 14.9. The Morgan fingerprint density at radius 3 is 2.31 bits per heavy atom. The number of hydrogen-bond donors (Lipinski definition) is 0. The van der Waals surface area contributed by atoms with Crippen LogP contribution in [0.1, 0.15) is 36.3 Å². The van der Waals surface area contributed by atoms with Crippen LogP contribution in [-0.2, 0) is 26.4 Å². The Hall–Kier alpha value is -0.960. The molecule has 3 aliphatic rings. The van der Waals surface area contributed by atoms with Crippen LogP contribution in [0, 0.1) is 0 Å². The van der Waals surface area contributed by atoms with Gasteiger partial charge in [-0.3, -0.25) is 4.90 Å². The van der Waals surface area contributed by atoms with Gasteiger partial charge in [-0.25, -0.2) is 16.8 Å². The van der Waals surface area contributed by atoms with E-state index in [1.54, 1.807) is 0 Å². The van der Waals surface area contributed by atoms with E-state index < -0.39 is 25.1 Å². The van der Waals surface area contributed by atoms with Crippen molar-refractivity contribution in [3.8, 4) is 0 Å². The van der Waals surface area contributed by atoms with Gasteiger partial charge >= 0.3 is 0 Å². The normalized spacial score (nSPS) is 27.6. The van der Waals surface area contributed by atoms with Crippen molar-refractivity contribution in [3.05, 3.63) is 35.4 Å². The molecule has 144 valence electrons. The molecule has 1 aliphatic carbocycles. The van der Waals surface area contributed by atoms with Gasteiger partial charge in [0.25, 0.3) is 0 Å². The summed E-state index contributed by atoms with van der Waals surface area (Å²) in [6, 6.07) is 8.56. The van der Waals surface area contributed by atoms with E-state index in [-0.39, 0.29) is 17.9 Å². The second-order valence-corrected chi connectivity index (χ2v) is 12.2. The molecular weight excluding hydrogens is 372 g/mol. The largest absolute Gasteiger partial charge is 0.296 e. The van der Waals surface area contributed by atoms with Gasteiger partial charge in [-0.05, 0) is 36.3 Å². The molecule has 1 atom stereocenters. The Labute approximate surface area is 156 Å². The molecule has 0 amide bonds. The molecule has 1 saturated carbocycles. The zero-order valence-corrected chi connectivity index (χ0v) is 16.5. The van der Waals surface area contributed by atoms with Crippen molar-refractivity contribution in [2.24, 2.45) is 0 Å². The highest BCUT2D eigenvalue weighted by Gasteiger charge is 2.41. The summed E-state index contributed by atoms with van der Waals surface area (Å²) in [5.41, 5.74) is 2.80. The van der Waals surface area contributed by atoms with E-state index in [9.17, 15) is 16.8 Å². The smallest absolute Gasteiger partial charge is 0.218 e. The van der Waals surface area contributed by atoms with Crippen LogP contribution in [-0.4, -0.2) is 69.0 Å². The monoisotopic (exact) mass is 398 g/mol. The number of sulfonamides is 1. The fourth-order valence-corrected chi connectivity index (χ4v) is 8.57. The third-order valence-electron chi connectivity index (χ3n) is 5.77. The van der Waals surface area contributed by atoms with E-state index in [0.717, 1.165) is 6.54 Å². The number of benzene rings is 1. The SMILES string of the molecule is O=S1(=O)CCC(S(=O)(=O)N2CCN(Cc3ccccc3C3CC3)CC2)C1. The Bertz CT molecular complexity index is 870. The molecule has 4 rings (SSSR count). The molecule has 26 heavy (non-hydrogen) atoms. The average molecular weight is 399 g/mol. The first-order valence-corrected chi connectivity index (χ1v) is 12.7. The maximum absolute atomic E-state index is 12.7. The molecule has 8 heteroatoms. The van der Waals surface area contributed by atoms with Crippen molar-refractivity contribution in [1.82, 2.24) is 9.21 Å². The summed E-state index contributed by atoms with van der Waals surface area (Å²) in [5, 5.41) is -0.755. The topological polar surface area (TPSA) is 74.8 Å². The van der Waals surface area contributed by atoms with Crippen LogP contribution in [0.4, 0.5) is 0 Å². The standard InChI is InChI=1S/C18H26N2O4S2/c21-25(22)12-7-17(14-25)26(23,24)20-10-8-19(9-11-20)13-16-3-1-2-4-18(16)15-5-6-15/h1-4,15,17H,5-14H2. The second-order valence-electron chi connectivity index (χ2n) is 7.72. The van der Waals surface area contributed by atoms with Gasteiger partial charge in [0.05, 0.1) is 16.8 Å². The van der Waals surface area contributed by atoms with Crippen molar-refractivity contribution >= 4 is 19.9 Å². The molecule has 2 saturated heterocycles. The average Bonchev–Trinajstić information content (AvgIpc) is 3.38. The third-order valence-corrected chi connectivity index (χ3v) is 10.1. The van der Waals surface area contributed by atoms with E-state index in [2.05, 4.69) is 29.2 Å². The lowest BCUT2D eigenvalue weighted by atomic mass is 10.0. The molecule has 0 aromatic heterocycles. The molecule has 6 nitrogen and oxygen atoms in total. The van der Waals surface area contributed by atoms with Crippen molar-refractivity contribution in [1.29, 1.82) is 0 Å². The highest BCUT2D eigenvalue weighted by molar-refractivity contribution is 7.95. The van der Waals surface area contributed by atoms with Crippen LogP contribution in [0.5, 0.6) is 0 Å². The summed E-state index contributed by atoms with van der Waals surface area (Å²) in [6.45, 7) is 3.14. The van der Waals surface area contributed by atoms with Crippen molar-refractivity contribution < 1.29 is 16.8 Å². The number of nitrogens with zero attached hydrogens (tertiary/aromatic N) is 2. The van der Waals surface area contributed by atoms with Crippen LogP contribution in [0.15, 0.2) is 24.3 Å². The van der Waals surface area contributed by atoms with Crippen molar-refractivity contribution in [2.75, 3.05) is 37.7 Å². The summed E-state index contributed by atoms with van der Waals surface area (Å²) in [5.74, 6) is 0.483. The maximum atomic E-state index is 12.7. The molecular formula is C18H26N2O4S2. The van der Waals surface area contributed by atoms with E-state index in [1.165, 1.54) is 28.3 Å².